The number of rotatable bonds is 4. The Morgan fingerprint density at radius 2 is 1.95 bits per heavy atom. The van der Waals surface area contributed by atoms with Gasteiger partial charge in [0, 0.05) is 23.7 Å². The number of nitrogens with zero attached hydrogens (tertiary/aromatic N) is 1. The fourth-order valence-electron chi connectivity index (χ4n) is 2.13. The molecule has 0 spiro atoms. The Bertz CT molecular complexity index is 589. The van der Waals surface area contributed by atoms with Gasteiger partial charge in [-0.05, 0) is 25.0 Å². The molecular formula is C12H16ClFN2O3S. The third-order valence-corrected chi connectivity index (χ3v) is 4.74. The Balaban J connectivity index is 2.31. The molecule has 0 aromatic heterocycles. The molecule has 1 aromatic rings. The van der Waals surface area contributed by atoms with E-state index in [2.05, 4.69) is 4.83 Å². The maximum Gasteiger partial charge on any atom is 0.256 e. The minimum atomic E-state index is -4.04. The van der Waals surface area contributed by atoms with Gasteiger partial charge in [-0.15, -0.1) is 4.83 Å². The molecular weight excluding hydrogens is 307 g/mol. The molecule has 0 amide bonds. The summed E-state index contributed by atoms with van der Waals surface area (Å²) >= 11 is 5.77. The molecule has 2 N–H and O–H groups in total. The molecule has 1 aromatic carbocycles. The minimum absolute atomic E-state index is 0.0643. The second-order valence-corrected chi connectivity index (χ2v) is 6.74. The molecule has 0 atom stereocenters. The van der Waals surface area contributed by atoms with Crippen LogP contribution in [-0.2, 0) is 16.6 Å². The van der Waals surface area contributed by atoms with E-state index in [-0.39, 0.29) is 10.6 Å². The SMILES string of the molecule is O=S(=O)(NN1CCCCC1)c1cc(Cl)cc(CO)c1F. The van der Waals surface area contributed by atoms with E-state index in [1.807, 2.05) is 0 Å². The fourth-order valence-corrected chi connectivity index (χ4v) is 3.71. The van der Waals surface area contributed by atoms with Gasteiger partial charge < -0.3 is 5.11 Å². The number of halogens is 2. The topological polar surface area (TPSA) is 69.6 Å². The predicted molar refractivity (Wildman–Crippen MR) is 73.1 cm³/mol. The molecule has 0 saturated carbocycles. The zero-order valence-electron chi connectivity index (χ0n) is 10.8. The molecule has 1 aliphatic rings. The van der Waals surface area contributed by atoms with E-state index in [1.54, 1.807) is 5.01 Å². The molecule has 1 fully saturated rings. The Morgan fingerprint density at radius 3 is 2.55 bits per heavy atom. The van der Waals surface area contributed by atoms with Gasteiger partial charge in [0.1, 0.15) is 10.7 Å². The van der Waals surface area contributed by atoms with Crippen LogP contribution in [0.2, 0.25) is 5.02 Å². The largest absolute Gasteiger partial charge is 0.392 e. The van der Waals surface area contributed by atoms with Gasteiger partial charge in [-0.3, -0.25) is 0 Å². The molecule has 0 aliphatic carbocycles. The highest BCUT2D eigenvalue weighted by molar-refractivity contribution is 7.89. The van der Waals surface area contributed by atoms with Crippen LogP contribution in [-0.4, -0.2) is 31.6 Å². The number of hydrogen-bond acceptors (Lipinski definition) is 4. The van der Waals surface area contributed by atoms with Crippen molar-refractivity contribution >= 4 is 21.6 Å². The van der Waals surface area contributed by atoms with Gasteiger partial charge in [-0.1, -0.05) is 18.0 Å². The molecule has 20 heavy (non-hydrogen) atoms. The highest BCUT2D eigenvalue weighted by atomic mass is 35.5. The summed E-state index contributed by atoms with van der Waals surface area (Å²) in [6.45, 7) is 0.571. The first-order valence-electron chi connectivity index (χ1n) is 6.30. The Hall–Kier alpha value is -0.730. The second kappa shape index (κ2) is 6.36. The van der Waals surface area contributed by atoms with Crippen molar-refractivity contribution in [2.75, 3.05) is 13.1 Å². The molecule has 8 heteroatoms. The van der Waals surface area contributed by atoms with Crippen LogP contribution in [0.15, 0.2) is 17.0 Å². The summed E-state index contributed by atoms with van der Waals surface area (Å²) in [6.07, 6.45) is 2.84. The number of nitrogens with one attached hydrogen (secondary N) is 1. The van der Waals surface area contributed by atoms with E-state index in [4.69, 9.17) is 16.7 Å². The Labute approximate surface area is 122 Å². The number of benzene rings is 1. The van der Waals surface area contributed by atoms with Crippen LogP contribution in [0.3, 0.4) is 0 Å². The zero-order chi connectivity index (χ0) is 14.8. The van der Waals surface area contributed by atoms with Crippen LogP contribution in [0.25, 0.3) is 0 Å². The quantitative estimate of drug-likeness (QED) is 0.884. The lowest BCUT2D eigenvalue weighted by Gasteiger charge is -2.26. The summed E-state index contributed by atoms with van der Waals surface area (Å²) in [7, 11) is -4.04. The maximum absolute atomic E-state index is 14.0. The fraction of sp³-hybridized carbons (Fsp3) is 0.500. The van der Waals surface area contributed by atoms with Crippen LogP contribution >= 0.6 is 11.6 Å². The Morgan fingerprint density at radius 1 is 1.30 bits per heavy atom. The van der Waals surface area contributed by atoms with E-state index in [9.17, 15) is 12.8 Å². The van der Waals surface area contributed by atoms with Gasteiger partial charge in [0.15, 0.2) is 0 Å². The standard InChI is InChI=1S/C12H16ClFN2O3S/c13-10-6-9(8-17)12(14)11(7-10)20(18,19)15-16-4-2-1-3-5-16/h6-7,15,17H,1-5,8H2. The molecule has 1 heterocycles. The summed E-state index contributed by atoms with van der Waals surface area (Å²) in [4.78, 5) is 1.81. The summed E-state index contributed by atoms with van der Waals surface area (Å²) in [5, 5.41) is 10.6. The number of hydrogen-bond donors (Lipinski definition) is 2. The van der Waals surface area contributed by atoms with Crippen molar-refractivity contribution in [3.8, 4) is 0 Å². The van der Waals surface area contributed by atoms with E-state index < -0.39 is 27.3 Å². The van der Waals surface area contributed by atoms with Crippen molar-refractivity contribution in [2.24, 2.45) is 0 Å². The van der Waals surface area contributed by atoms with Gasteiger partial charge in [0.05, 0.1) is 6.61 Å². The van der Waals surface area contributed by atoms with Crippen molar-refractivity contribution < 1.29 is 17.9 Å². The monoisotopic (exact) mass is 322 g/mol. The number of hydrazine groups is 1. The Kier molecular flexibility index (Phi) is 4.98. The van der Waals surface area contributed by atoms with E-state index in [1.165, 1.54) is 6.07 Å². The normalized spacial score (nSPS) is 17.4. The first-order valence-corrected chi connectivity index (χ1v) is 8.16. The average molecular weight is 323 g/mol. The van der Waals surface area contributed by atoms with Gasteiger partial charge in [-0.2, -0.15) is 0 Å². The third-order valence-electron chi connectivity index (χ3n) is 3.14. The molecule has 0 unspecified atom stereocenters. The van der Waals surface area contributed by atoms with E-state index in [0.29, 0.717) is 13.1 Å². The lowest BCUT2D eigenvalue weighted by molar-refractivity contribution is 0.199. The van der Waals surface area contributed by atoms with Gasteiger partial charge in [0.25, 0.3) is 10.0 Å². The second-order valence-electron chi connectivity index (χ2n) is 4.68. The van der Waals surface area contributed by atoms with Crippen molar-refractivity contribution in [3.63, 3.8) is 0 Å². The molecule has 1 aliphatic heterocycles. The van der Waals surface area contributed by atoms with Crippen LogP contribution < -0.4 is 4.83 Å². The van der Waals surface area contributed by atoms with Crippen LogP contribution in [0.1, 0.15) is 24.8 Å². The molecule has 0 bridgehead atoms. The summed E-state index contributed by atoms with van der Waals surface area (Å²) in [5.74, 6) is -0.971. The molecule has 112 valence electrons. The van der Waals surface area contributed by atoms with E-state index in [0.717, 1.165) is 25.3 Å². The van der Waals surface area contributed by atoms with Crippen LogP contribution in [0.5, 0.6) is 0 Å². The lowest BCUT2D eigenvalue weighted by atomic mass is 10.2. The van der Waals surface area contributed by atoms with Crippen LogP contribution in [0.4, 0.5) is 4.39 Å². The summed E-state index contributed by atoms with van der Waals surface area (Å²) in [6, 6.07) is 2.25. The molecule has 2 rings (SSSR count). The molecule has 0 radical (unpaired) electrons. The number of aliphatic hydroxyl groups excluding tert-OH is 1. The average Bonchev–Trinajstić information content (AvgIpc) is 2.41. The lowest BCUT2D eigenvalue weighted by Crippen LogP contribution is -2.45. The van der Waals surface area contributed by atoms with Crippen molar-refractivity contribution in [1.82, 2.24) is 9.84 Å². The predicted octanol–water partition coefficient (Wildman–Crippen LogP) is 1.65. The van der Waals surface area contributed by atoms with Gasteiger partial charge in [0.2, 0.25) is 0 Å². The highest BCUT2D eigenvalue weighted by Gasteiger charge is 2.25. The highest BCUT2D eigenvalue weighted by Crippen LogP contribution is 2.24. The zero-order valence-corrected chi connectivity index (χ0v) is 12.3. The van der Waals surface area contributed by atoms with Gasteiger partial charge >= 0.3 is 0 Å². The maximum atomic E-state index is 14.0. The van der Waals surface area contributed by atoms with E-state index >= 15 is 0 Å². The minimum Gasteiger partial charge on any atom is -0.392 e. The smallest absolute Gasteiger partial charge is 0.256 e. The van der Waals surface area contributed by atoms with Crippen molar-refractivity contribution in [2.45, 2.75) is 30.8 Å². The first kappa shape index (κ1) is 15.7. The van der Waals surface area contributed by atoms with Crippen molar-refractivity contribution in [3.05, 3.63) is 28.5 Å². The number of sulfonamides is 1. The third kappa shape index (κ3) is 3.48. The molecule has 5 nitrogen and oxygen atoms in total. The van der Waals surface area contributed by atoms with Crippen LogP contribution in [0, 0.1) is 5.82 Å². The number of aliphatic hydroxyl groups is 1. The summed E-state index contributed by atoms with van der Waals surface area (Å²) in [5.41, 5.74) is -0.142. The number of piperidine rings is 1. The molecule has 1 saturated heterocycles. The van der Waals surface area contributed by atoms with Gasteiger partial charge in [-0.25, -0.2) is 17.8 Å². The summed E-state index contributed by atoms with van der Waals surface area (Å²) < 4.78 is 38.5. The van der Waals surface area contributed by atoms with Crippen molar-refractivity contribution in [1.29, 1.82) is 0 Å². The first-order chi connectivity index (χ1) is 9.44.